The van der Waals surface area contributed by atoms with E-state index in [9.17, 15) is 0 Å². The molecule has 0 heterocycles. The van der Waals surface area contributed by atoms with Gasteiger partial charge in [-0.25, -0.2) is 0 Å². The van der Waals surface area contributed by atoms with E-state index in [1.54, 1.807) is 0 Å². The summed E-state index contributed by atoms with van der Waals surface area (Å²) in [6, 6.07) is 0. The third-order valence-electron chi connectivity index (χ3n) is 1.94. The van der Waals surface area contributed by atoms with Crippen LogP contribution in [0.15, 0.2) is 0 Å². The highest BCUT2D eigenvalue weighted by molar-refractivity contribution is 7.80. The second kappa shape index (κ2) is 7.85. The van der Waals surface area contributed by atoms with E-state index in [-0.39, 0.29) is 5.41 Å². The maximum atomic E-state index is 5.63. The summed E-state index contributed by atoms with van der Waals surface area (Å²) in [6.45, 7) is 5.52. The Balaban J connectivity index is 3.76. The Morgan fingerprint density at radius 1 is 1.15 bits per heavy atom. The van der Waals surface area contributed by atoms with Crippen molar-refractivity contribution in [3.63, 3.8) is 0 Å². The van der Waals surface area contributed by atoms with Crippen molar-refractivity contribution in [3.8, 4) is 0 Å². The van der Waals surface area contributed by atoms with Crippen LogP contribution in [0.4, 0.5) is 0 Å². The highest BCUT2D eigenvalue weighted by Gasteiger charge is 2.23. The van der Waals surface area contributed by atoms with Gasteiger partial charge in [0.25, 0.3) is 0 Å². The maximum Gasteiger partial charge on any atom is 0.141 e. The molecule has 13 heavy (non-hydrogen) atoms. The summed E-state index contributed by atoms with van der Waals surface area (Å²) < 4.78 is 11.3. The molecular formula is C9H22O2SSi. The van der Waals surface area contributed by atoms with E-state index in [1.165, 1.54) is 0 Å². The van der Waals surface area contributed by atoms with Gasteiger partial charge in [0.2, 0.25) is 0 Å². The van der Waals surface area contributed by atoms with Crippen molar-refractivity contribution >= 4 is 22.9 Å². The first-order chi connectivity index (χ1) is 6.18. The molecule has 0 aliphatic carbocycles. The zero-order valence-electron chi connectivity index (χ0n) is 9.01. The number of hydrogen-bond donors (Lipinski definition) is 1. The van der Waals surface area contributed by atoms with E-state index in [0.29, 0.717) is 0 Å². The molecule has 0 N–H and O–H groups in total. The molecule has 0 rings (SSSR count). The fourth-order valence-electron chi connectivity index (χ4n) is 1.35. The molecule has 0 radical (unpaired) electrons. The van der Waals surface area contributed by atoms with Crippen molar-refractivity contribution in [2.45, 2.75) is 38.5 Å². The lowest BCUT2D eigenvalue weighted by Gasteiger charge is -2.29. The molecule has 0 fully saturated rings. The first kappa shape index (κ1) is 13.5. The Kier molecular flexibility index (Phi) is 8.14. The molecule has 4 heteroatoms. The summed E-state index contributed by atoms with van der Waals surface area (Å²) in [5.74, 6) is 0.954. The van der Waals surface area contributed by atoms with Crippen LogP contribution < -0.4 is 0 Å². The quantitative estimate of drug-likeness (QED) is 0.288. The third-order valence-corrected chi connectivity index (χ3v) is 3.33. The predicted molar refractivity (Wildman–Crippen MR) is 63.6 cm³/mol. The van der Waals surface area contributed by atoms with Crippen molar-refractivity contribution in [2.75, 3.05) is 19.0 Å². The molecule has 80 valence electrons. The van der Waals surface area contributed by atoms with Crippen molar-refractivity contribution in [2.24, 2.45) is 0 Å². The van der Waals surface area contributed by atoms with Gasteiger partial charge in [0.1, 0.15) is 5.41 Å². The number of thiol groups is 1. The molecule has 0 aliphatic heterocycles. The van der Waals surface area contributed by atoms with Crippen LogP contribution in [0, 0.1) is 0 Å². The summed E-state index contributed by atoms with van der Waals surface area (Å²) in [5, 5.41) is 0. The van der Waals surface area contributed by atoms with Crippen LogP contribution in [-0.4, -0.2) is 34.6 Å². The SMILES string of the molecule is CCOC([SiH3])(CCCCS)OCC. The largest absolute Gasteiger partial charge is 0.355 e. The molecule has 0 aromatic heterocycles. The molecule has 0 bridgehead atoms. The zero-order valence-corrected chi connectivity index (χ0v) is 11.9. The Morgan fingerprint density at radius 2 is 1.69 bits per heavy atom. The van der Waals surface area contributed by atoms with E-state index < -0.39 is 0 Å². The van der Waals surface area contributed by atoms with Crippen LogP contribution in [0.3, 0.4) is 0 Å². The Morgan fingerprint density at radius 3 is 2.08 bits per heavy atom. The van der Waals surface area contributed by atoms with Crippen LogP contribution in [0.25, 0.3) is 0 Å². The fraction of sp³-hybridized carbons (Fsp3) is 1.00. The maximum absolute atomic E-state index is 5.63. The smallest absolute Gasteiger partial charge is 0.141 e. The predicted octanol–water partition coefficient (Wildman–Crippen LogP) is 1.18. The molecule has 2 nitrogen and oxygen atoms in total. The highest BCUT2D eigenvalue weighted by Crippen LogP contribution is 2.17. The third kappa shape index (κ3) is 6.54. The van der Waals surface area contributed by atoms with E-state index >= 15 is 0 Å². The minimum absolute atomic E-state index is 0.244. The van der Waals surface area contributed by atoms with Crippen molar-refractivity contribution in [1.82, 2.24) is 0 Å². The average Bonchev–Trinajstić information content (AvgIpc) is 2.05. The lowest BCUT2D eigenvalue weighted by Crippen LogP contribution is -2.36. The molecule has 0 aromatic carbocycles. The monoisotopic (exact) mass is 222 g/mol. The van der Waals surface area contributed by atoms with Crippen LogP contribution >= 0.6 is 12.6 Å². The molecule has 0 spiro atoms. The molecule has 0 aromatic rings. The van der Waals surface area contributed by atoms with Crippen LogP contribution in [0.5, 0.6) is 0 Å². The Bertz CT molecular complexity index is 116. The number of unbranched alkanes of at least 4 members (excludes halogenated alkanes) is 1. The van der Waals surface area contributed by atoms with E-state index in [2.05, 4.69) is 12.6 Å². The molecule has 0 aliphatic rings. The second-order valence-electron chi connectivity index (χ2n) is 3.18. The summed E-state index contributed by atoms with van der Waals surface area (Å²) in [5.41, 5.74) is -0.244. The Hall–Kier alpha value is 0.487. The lowest BCUT2D eigenvalue weighted by atomic mass is 10.2. The molecular weight excluding hydrogens is 200 g/mol. The van der Waals surface area contributed by atoms with Gasteiger partial charge in [-0.3, -0.25) is 0 Å². The number of ether oxygens (including phenoxy) is 2. The van der Waals surface area contributed by atoms with Gasteiger partial charge in [0.05, 0.1) is 10.2 Å². The fourth-order valence-corrected chi connectivity index (χ4v) is 2.51. The summed E-state index contributed by atoms with van der Waals surface area (Å²) in [6.07, 6.45) is 3.31. The molecule has 0 saturated heterocycles. The highest BCUT2D eigenvalue weighted by atomic mass is 32.1. The second-order valence-corrected chi connectivity index (χ2v) is 5.15. The lowest BCUT2D eigenvalue weighted by molar-refractivity contribution is -0.177. The van der Waals surface area contributed by atoms with Gasteiger partial charge in [-0.05, 0) is 38.9 Å². The average molecular weight is 222 g/mol. The number of hydrogen-bond acceptors (Lipinski definition) is 3. The van der Waals surface area contributed by atoms with Gasteiger partial charge < -0.3 is 9.47 Å². The topological polar surface area (TPSA) is 18.5 Å². The van der Waals surface area contributed by atoms with Crippen molar-refractivity contribution < 1.29 is 9.47 Å². The van der Waals surface area contributed by atoms with Crippen LogP contribution in [0.1, 0.15) is 33.1 Å². The van der Waals surface area contributed by atoms with Crippen molar-refractivity contribution in [3.05, 3.63) is 0 Å². The van der Waals surface area contributed by atoms with Gasteiger partial charge in [-0.2, -0.15) is 12.6 Å². The zero-order chi connectivity index (χ0) is 10.2. The van der Waals surface area contributed by atoms with Gasteiger partial charge in [0, 0.05) is 13.2 Å². The standard InChI is InChI=1S/C9H22O2SSi/c1-3-10-9(13,11-4-2)7-5-6-8-12/h12H,3-8H2,1-2,13H3. The molecule has 0 amide bonds. The van der Waals surface area contributed by atoms with Crippen LogP contribution in [-0.2, 0) is 9.47 Å². The minimum Gasteiger partial charge on any atom is -0.355 e. The summed E-state index contributed by atoms with van der Waals surface area (Å²) in [4.78, 5) is 0. The molecule has 0 atom stereocenters. The first-order valence-corrected chi connectivity index (χ1v) is 6.70. The normalized spacial score (nSPS) is 12.2. The van der Waals surface area contributed by atoms with Gasteiger partial charge in [0.15, 0.2) is 0 Å². The van der Waals surface area contributed by atoms with Gasteiger partial charge in [-0.15, -0.1) is 0 Å². The van der Waals surface area contributed by atoms with Gasteiger partial charge >= 0.3 is 0 Å². The van der Waals surface area contributed by atoms with Crippen LogP contribution in [0.2, 0.25) is 0 Å². The van der Waals surface area contributed by atoms with E-state index in [0.717, 1.165) is 48.5 Å². The molecule has 0 unspecified atom stereocenters. The summed E-state index contributed by atoms with van der Waals surface area (Å²) >= 11 is 4.18. The minimum atomic E-state index is -0.244. The van der Waals surface area contributed by atoms with E-state index in [1.807, 2.05) is 13.8 Å². The summed E-state index contributed by atoms with van der Waals surface area (Å²) in [7, 11) is 0.935. The van der Waals surface area contributed by atoms with E-state index in [4.69, 9.17) is 9.47 Å². The molecule has 0 saturated carbocycles. The number of rotatable bonds is 8. The van der Waals surface area contributed by atoms with Crippen molar-refractivity contribution in [1.29, 1.82) is 0 Å². The van der Waals surface area contributed by atoms with Gasteiger partial charge in [-0.1, -0.05) is 0 Å². The Labute approximate surface area is 90.2 Å². The first-order valence-electron chi connectivity index (χ1n) is 5.07.